The smallest absolute Gasteiger partial charge is 0.115 e. The van der Waals surface area contributed by atoms with Gasteiger partial charge in [-0.1, -0.05) is 198 Å². The zero-order valence-corrected chi connectivity index (χ0v) is 36.1. The number of nitrogens with zero attached hydrogens (tertiary/aromatic N) is 2. The van der Waals surface area contributed by atoms with E-state index in [0.29, 0.717) is 33.1 Å². The lowest BCUT2D eigenvalue weighted by Crippen LogP contribution is -2.46. The maximum Gasteiger partial charge on any atom is 0.115 e. The molecule has 0 spiro atoms. The van der Waals surface area contributed by atoms with Crippen LogP contribution in [0.2, 0.25) is 0 Å². The average Bonchev–Trinajstić information content (AvgIpc) is 3.73. The lowest BCUT2D eigenvalue weighted by molar-refractivity contribution is 1.18. The van der Waals surface area contributed by atoms with E-state index in [-0.39, 0.29) is 0 Å². The third-order valence-corrected chi connectivity index (χ3v) is 12.7. The van der Waals surface area contributed by atoms with Gasteiger partial charge in [-0.25, -0.2) is 0 Å². The van der Waals surface area contributed by atoms with Crippen molar-refractivity contribution in [2.75, 3.05) is 4.90 Å². The van der Waals surface area contributed by atoms with Crippen molar-refractivity contribution < 1.29 is 0 Å². The van der Waals surface area contributed by atoms with Crippen LogP contribution in [0.5, 0.6) is 0 Å². The van der Waals surface area contributed by atoms with Crippen molar-refractivity contribution >= 4 is 92.1 Å². The van der Waals surface area contributed by atoms with E-state index in [1.165, 1.54) is 16.3 Å². The fourth-order valence-corrected chi connectivity index (χ4v) is 9.47. The molecule has 0 saturated carbocycles. The second kappa shape index (κ2) is 17.2. The lowest BCUT2D eigenvalue weighted by Gasteiger charge is -2.33. The van der Waals surface area contributed by atoms with Gasteiger partial charge in [0, 0.05) is 33.5 Å². The van der Waals surface area contributed by atoms with Crippen LogP contribution in [-0.4, -0.2) is 36.0 Å². The molecule has 0 aliphatic heterocycles. The molecule has 0 amide bonds. The fourth-order valence-electron chi connectivity index (χ4n) is 9.47. The Morgan fingerprint density at radius 3 is 1.44 bits per heavy atom. The largest absolute Gasteiger partial charge is 0.312 e. The van der Waals surface area contributed by atoms with Crippen LogP contribution in [0.1, 0.15) is 0 Å². The molecule has 0 saturated heterocycles. The van der Waals surface area contributed by atoms with Gasteiger partial charge in [0.05, 0.1) is 11.0 Å². The average molecular weight is 830 g/mol. The molecule has 11 rings (SSSR count). The Bertz CT molecular complexity index is 3520. The Kier molecular flexibility index (Phi) is 10.6. The highest BCUT2D eigenvalue weighted by Crippen LogP contribution is 2.41. The van der Waals surface area contributed by atoms with Crippen LogP contribution in [-0.2, 0) is 0 Å². The standard InChI is InChI=1S/C60H38B4N2/c61-56-54(43-31-29-41(30-32-43)39-15-4-1-5-16-39)57(62)59(64)60(58(56)63)65(48-35-33-42(34-36-48)40-17-6-2-7-18-40)49-24-13-20-45(38-49)44-19-12-21-46(37-44)50-26-14-28-53-55(50)51-25-10-11-27-52(51)66(53)47-22-8-3-9-23-47/h1-38H. The minimum absolute atomic E-state index is 0.339. The fraction of sp³-hybridized carbons (Fsp3) is 0. The van der Waals surface area contributed by atoms with Gasteiger partial charge < -0.3 is 9.47 Å². The minimum atomic E-state index is 0.339. The molecule has 300 valence electrons. The molecule has 10 aromatic carbocycles. The third-order valence-electron chi connectivity index (χ3n) is 12.7. The van der Waals surface area contributed by atoms with Gasteiger partial charge in [-0.15, -0.1) is 0 Å². The summed E-state index contributed by atoms with van der Waals surface area (Å²) in [6, 6.07) is 80.1. The molecule has 0 aliphatic rings. The summed E-state index contributed by atoms with van der Waals surface area (Å²) in [5.74, 6) is 0. The molecule has 0 fully saturated rings. The first kappa shape index (κ1) is 40.8. The number of para-hydroxylation sites is 2. The number of hydrogen-bond acceptors (Lipinski definition) is 1. The number of anilines is 3. The van der Waals surface area contributed by atoms with Crippen molar-refractivity contribution in [1.82, 2.24) is 4.57 Å². The van der Waals surface area contributed by atoms with Crippen molar-refractivity contribution in [3.05, 3.63) is 231 Å². The predicted octanol–water partition coefficient (Wildman–Crippen LogP) is 11.8. The van der Waals surface area contributed by atoms with Crippen LogP contribution < -0.4 is 26.8 Å². The number of fused-ring (bicyclic) bond motifs is 3. The summed E-state index contributed by atoms with van der Waals surface area (Å²) in [4.78, 5) is 2.07. The first-order valence-electron chi connectivity index (χ1n) is 22.1. The molecule has 11 aromatic rings. The SMILES string of the molecule is [B]c1c([B])c(N(c2ccc(-c3ccccc3)cc2)c2cccc(-c3cccc(-c4cccc5c4c4ccccc4n5-c4ccccc4)c3)c2)c([B])c([B])c1-c1ccc(-c2ccccc2)cc1. The van der Waals surface area contributed by atoms with Crippen LogP contribution in [0.25, 0.3) is 83.1 Å². The van der Waals surface area contributed by atoms with Crippen LogP contribution >= 0.6 is 0 Å². The number of benzene rings is 10. The van der Waals surface area contributed by atoms with Gasteiger partial charge in [-0.3, -0.25) is 0 Å². The molecule has 2 nitrogen and oxygen atoms in total. The van der Waals surface area contributed by atoms with Gasteiger partial charge in [0.1, 0.15) is 31.4 Å². The Morgan fingerprint density at radius 1 is 0.318 bits per heavy atom. The summed E-state index contributed by atoms with van der Waals surface area (Å²) in [6.07, 6.45) is 0. The highest BCUT2D eigenvalue weighted by atomic mass is 15.1. The van der Waals surface area contributed by atoms with E-state index in [9.17, 15) is 0 Å². The molecule has 0 atom stereocenters. The van der Waals surface area contributed by atoms with Gasteiger partial charge in [0.25, 0.3) is 0 Å². The Hall–Kier alpha value is -7.94. The second-order valence-corrected chi connectivity index (χ2v) is 16.6. The van der Waals surface area contributed by atoms with E-state index in [1.807, 2.05) is 48.5 Å². The normalized spacial score (nSPS) is 11.3. The Balaban J connectivity index is 1.03. The predicted molar refractivity (Wildman–Crippen MR) is 284 cm³/mol. The van der Waals surface area contributed by atoms with E-state index in [0.717, 1.165) is 72.6 Å². The van der Waals surface area contributed by atoms with Crippen molar-refractivity contribution in [2.24, 2.45) is 0 Å². The molecule has 8 radical (unpaired) electrons. The van der Waals surface area contributed by atoms with Crippen molar-refractivity contribution in [2.45, 2.75) is 0 Å². The second-order valence-electron chi connectivity index (χ2n) is 16.6. The Morgan fingerprint density at radius 2 is 0.788 bits per heavy atom. The van der Waals surface area contributed by atoms with E-state index in [1.54, 1.807) is 0 Å². The summed E-state index contributed by atoms with van der Waals surface area (Å²) in [5, 5.41) is 2.42. The zero-order chi connectivity index (χ0) is 44.7. The molecule has 0 N–H and O–H groups in total. The van der Waals surface area contributed by atoms with Crippen LogP contribution in [0.4, 0.5) is 17.1 Å². The maximum atomic E-state index is 7.16. The van der Waals surface area contributed by atoms with Gasteiger partial charge in [0.15, 0.2) is 0 Å². The highest BCUT2D eigenvalue weighted by molar-refractivity contribution is 6.63. The van der Waals surface area contributed by atoms with Gasteiger partial charge in [-0.05, 0) is 110 Å². The molecule has 66 heavy (non-hydrogen) atoms. The molecular weight excluding hydrogens is 792 g/mol. The van der Waals surface area contributed by atoms with Gasteiger partial charge in [-0.2, -0.15) is 0 Å². The third kappa shape index (κ3) is 7.25. The van der Waals surface area contributed by atoms with Crippen molar-refractivity contribution in [3.63, 3.8) is 0 Å². The van der Waals surface area contributed by atoms with E-state index < -0.39 is 0 Å². The van der Waals surface area contributed by atoms with Crippen LogP contribution in [0.3, 0.4) is 0 Å². The number of rotatable bonds is 9. The summed E-state index contributed by atoms with van der Waals surface area (Å²) in [6.45, 7) is 0. The molecule has 1 heterocycles. The first-order chi connectivity index (χ1) is 32.4. The quantitative estimate of drug-likeness (QED) is 0.132. The number of hydrogen-bond donors (Lipinski definition) is 0. The number of aromatic nitrogens is 1. The summed E-state index contributed by atoms with van der Waals surface area (Å²) >= 11 is 0. The molecule has 0 bridgehead atoms. The van der Waals surface area contributed by atoms with Gasteiger partial charge >= 0.3 is 0 Å². The molecule has 1 aromatic heterocycles. The monoisotopic (exact) mass is 830 g/mol. The highest BCUT2D eigenvalue weighted by Gasteiger charge is 2.23. The molecule has 0 unspecified atom stereocenters. The molecule has 0 aliphatic carbocycles. The first-order valence-corrected chi connectivity index (χ1v) is 22.1. The topological polar surface area (TPSA) is 8.17 Å². The lowest BCUT2D eigenvalue weighted by atomic mass is 9.64. The summed E-state index contributed by atoms with van der Waals surface area (Å²) in [7, 11) is 28.4. The summed E-state index contributed by atoms with van der Waals surface area (Å²) < 4.78 is 2.35. The van der Waals surface area contributed by atoms with E-state index in [2.05, 4.69) is 191 Å². The maximum absolute atomic E-state index is 7.16. The van der Waals surface area contributed by atoms with Crippen molar-refractivity contribution in [3.8, 4) is 61.3 Å². The zero-order valence-electron chi connectivity index (χ0n) is 36.1. The van der Waals surface area contributed by atoms with Crippen molar-refractivity contribution in [1.29, 1.82) is 0 Å². The van der Waals surface area contributed by atoms with E-state index >= 15 is 0 Å². The summed E-state index contributed by atoms with van der Waals surface area (Å²) in [5.41, 5.74) is 17.3. The van der Waals surface area contributed by atoms with Gasteiger partial charge in [0.2, 0.25) is 0 Å². The minimum Gasteiger partial charge on any atom is -0.312 e. The molecular formula is C60H38B4N2. The molecule has 6 heteroatoms. The van der Waals surface area contributed by atoms with E-state index in [4.69, 9.17) is 31.4 Å². The Labute approximate surface area is 391 Å². The van der Waals surface area contributed by atoms with Crippen LogP contribution in [0, 0.1) is 0 Å². The van der Waals surface area contributed by atoms with Crippen LogP contribution in [0.15, 0.2) is 231 Å².